The van der Waals surface area contributed by atoms with Crippen LogP contribution in [0, 0.1) is 23.1 Å². The zero-order valence-corrected chi connectivity index (χ0v) is 25.2. The van der Waals surface area contributed by atoms with Gasteiger partial charge in [-0.05, 0) is 77.2 Å². The fraction of sp³-hybridized carbons (Fsp3) is 0.710. The third-order valence-corrected chi connectivity index (χ3v) is 8.07. The van der Waals surface area contributed by atoms with Crippen molar-refractivity contribution in [1.82, 2.24) is 10.6 Å². The molecule has 2 saturated carbocycles. The van der Waals surface area contributed by atoms with Gasteiger partial charge in [0.05, 0.1) is 30.6 Å². The standard InChI is InChI=1S/C31H47FN2O6/c1-8-31(5,6)18-33-27(35)21-10-9-11-24(21)34-28(36)22-16-26(23(32)17-25(22)38-7)39-20-14-12-19(13-15-20)29(37)40-30(2,3)4/h16-17,19-21,24H,8-15,18H2,1-7H3,(H,33,35)(H,34,36). The SMILES string of the molecule is CCC(C)(C)CNC(=O)C1CCCC1NC(=O)c1cc(OC2CCC(C(=O)OC(C)(C)C)CC2)c(F)cc1OC. The highest BCUT2D eigenvalue weighted by atomic mass is 19.1. The average Bonchev–Trinajstić information content (AvgIpc) is 3.35. The molecule has 2 aliphatic rings. The number of carbonyl (C=O) groups is 3. The van der Waals surface area contributed by atoms with Crippen molar-refractivity contribution in [3.8, 4) is 11.5 Å². The van der Waals surface area contributed by atoms with E-state index in [2.05, 4.69) is 31.4 Å². The van der Waals surface area contributed by atoms with Crippen molar-refractivity contribution in [3.63, 3.8) is 0 Å². The van der Waals surface area contributed by atoms with Gasteiger partial charge in [-0.15, -0.1) is 0 Å². The van der Waals surface area contributed by atoms with Gasteiger partial charge in [-0.2, -0.15) is 0 Å². The Bertz CT molecular complexity index is 1060. The summed E-state index contributed by atoms with van der Waals surface area (Å²) in [6.07, 6.45) is 5.21. The number of ether oxygens (including phenoxy) is 3. The molecule has 2 N–H and O–H groups in total. The lowest BCUT2D eigenvalue weighted by atomic mass is 9.87. The van der Waals surface area contributed by atoms with Crippen LogP contribution in [0.3, 0.4) is 0 Å². The number of hydrogen-bond acceptors (Lipinski definition) is 6. The van der Waals surface area contributed by atoms with Gasteiger partial charge in [-0.3, -0.25) is 14.4 Å². The fourth-order valence-electron chi connectivity index (χ4n) is 5.23. The maximum absolute atomic E-state index is 14.9. The molecular formula is C31H47FN2O6. The molecule has 2 fully saturated rings. The van der Waals surface area contributed by atoms with Crippen molar-refractivity contribution < 1.29 is 33.0 Å². The lowest BCUT2D eigenvalue weighted by Crippen LogP contribution is -2.45. The first-order valence-electron chi connectivity index (χ1n) is 14.6. The highest BCUT2D eigenvalue weighted by molar-refractivity contribution is 5.98. The van der Waals surface area contributed by atoms with Crippen LogP contribution in [0.1, 0.15) is 103 Å². The third-order valence-electron chi connectivity index (χ3n) is 8.07. The summed E-state index contributed by atoms with van der Waals surface area (Å²) in [7, 11) is 1.38. The van der Waals surface area contributed by atoms with Gasteiger partial charge < -0.3 is 24.8 Å². The van der Waals surface area contributed by atoms with Crippen LogP contribution in [-0.2, 0) is 14.3 Å². The first kappa shape index (κ1) is 31.7. The number of benzene rings is 1. The van der Waals surface area contributed by atoms with Gasteiger partial charge in [-0.1, -0.05) is 27.2 Å². The van der Waals surface area contributed by atoms with Gasteiger partial charge in [0.2, 0.25) is 5.91 Å². The number of rotatable bonds is 10. The van der Waals surface area contributed by atoms with E-state index in [1.165, 1.54) is 13.2 Å². The number of esters is 1. The smallest absolute Gasteiger partial charge is 0.309 e. The molecule has 8 nitrogen and oxygen atoms in total. The molecule has 0 bridgehead atoms. The molecular weight excluding hydrogens is 515 g/mol. The van der Waals surface area contributed by atoms with Crippen molar-refractivity contribution >= 4 is 17.8 Å². The third kappa shape index (κ3) is 8.58. The largest absolute Gasteiger partial charge is 0.496 e. The van der Waals surface area contributed by atoms with Crippen molar-refractivity contribution in [3.05, 3.63) is 23.5 Å². The Labute approximate surface area is 238 Å². The van der Waals surface area contributed by atoms with Crippen LogP contribution < -0.4 is 20.1 Å². The van der Waals surface area contributed by atoms with Crippen molar-refractivity contribution in [2.75, 3.05) is 13.7 Å². The summed E-state index contributed by atoms with van der Waals surface area (Å²) in [6.45, 7) is 12.4. The second-order valence-electron chi connectivity index (χ2n) is 13.0. The first-order valence-corrected chi connectivity index (χ1v) is 14.6. The van der Waals surface area contributed by atoms with Crippen LogP contribution in [0.15, 0.2) is 12.1 Å². The quantitative estimate of drug-likeness (QED) is 0.362. The van der Waals surface area contributed by atoms with Crippen LogP contribution in [0.5, 0.6) is 11.5 Å². The zero-order chi connectivity index (χ0) is 29.7. The predicted octanol–water partition coefficient (Wildman–Crippen LogP) is 5.56. The van der Waals surface area contributed by atoms with E-state index in [9.17, 15) is 18.8 Å². The van der Waals surface area contributed by atoms with Crippen LogP contribution in [0.4, 0.5) is 4.39 Å². The summed E-state index contributed by atoms with van der Waals surface area (Å²) in [6, 6.07) is 2.21. The Balaban J connectivity index is 1.65. The van der Waals surface area contributed by atoms with E-state index in [-0.39, 0.29) is 58.3 Å². The Kier molecular flexibility index (Phi) is 10.5. The minimum absolute atomic E-state index is 0.000134. The molecule has 224 valence electrons. The summed E-state index contributed by atoms with van der Waals surface area (Å²) in [4.78, 5) is 38.7. The number of carbonyl (C=O) groups excluding carboxylic acids is 3. The van der Waals surface area contributed by atoms with E-state index < -0.39 is 17.3 Å². The molecule has 3 rings (SSSR count). The molecule has 2 aliphatic carbocycles. The molecule has 0 radical (unpaired) electrons. The summed E-state index contributed by atoms with van der Waals surface area (Å²) >= 11 is 0. The van der Waals surface area contributed by atoms with Gasteiger partial charge >= 0.3 is 5.97 Å². The molecule has 0 heterocycles. The van der Waals surface area contributed by atoms with Crippen LogP contribution in [0.2, 0.25) is 0 Å². The Morgan fingerprint density at radius 1 is 0.975 bits per heavy atom. The number of nitrogens with one attached hydrogen (secondary N) is 2. The van der Waals surface area contributed by atoms with E-state index in [1.54, 1.807) is 0 Å². The van der Waals surface area contributed by atoms with Crippen molar-refractivity contribution in [2.24, 2.45) is 17.3 Å². The lowest BCUT2D eigenvalue weighted by molar-refractivity contribution is -0.161. The summed E-state index contributed by atoms with van der Waals surface area (Å²) in [5.41, 5.74) is -0.388. The van der Waals surface area contributed by atoms with Crippen molar-refractivity contribution in [2.45, 2.75) is 111 Å². The fourth-order valence-corrected chi connectivity index (χ4v) is 5.23. The second kappa shape index (κ2) is 13.2. The first-order chi connectivity index (χ1) is 18.7. The molecule has 1 aromatic carbocycles. The lowest BCUT2D eigenvalue weighted by Gasteiger charge is -2.30. The maximum atomic E-state index is 14.9. The van der Waals surface area contributed by atoms with Gasteiger partial charge in [0.15, 0.2) is 11.6 Å². The van der Waals surface area contributed by atoms with E-state index in [0.29, 0.717) is 45.1 Å². The number of hydrogen-bond donors (Lipinski definition) is 2. The molecule has 9 heteroatoms. The van der Waals surface area contributed by atoms with Gasteiger partial charge in [0.25, 0.3) is 5.91 Å². The number of amides is 2. The molecule has 2 atom stereocenters. The highest BCUT2D eigenvalue weighted by Gasteiger charge is 2.36. The van der Waals surface area contributed by atoms with Crippen LogP contribution in [-0.4, -0.2) is 49.2 Å². The minimum Gasteiger partial charge on any atom is -0.496 e. The van der Waals surface area contributed by atoms with Gasteiger partial charge in [0.1, 0.15) is 11.4 Å². The van der Waals surface area contributed by atoms with Gasteiger partial charge in [0, 0.05) is 18.7 Å². The van der Waals surface area contributed by atoms with E-state index in [1.807, 2.05) is 20.8 Å². The molecule has 40 heavy (non-hydrogen) atoms. The molecule has 2 amide bonds. The Morgan fingerprint density at radius 3 is 2.25 bits per heavy atom. The Morgan fingerprint density at radius 2 is 1.65 bits per heavy atom. The zero-order valence-electron chi connectivity index (χ0n) is 25.2. The Hall–Kier alpha value is -2.84. The monoisotopic (exact) mass is 562 g/mol. The molecule has 0 saturated heterocycles. The minimum atomic E-state index is -0.626. The van der Waals surface area contributed by atoms with E-state index in [4.69, 9.17) is 14.2 Å². The topological polar surface area (TPSA) is 103 Å². The van der Waals surface area contributed by atoms with Crippen LogP contribution in [0.25, 0.3) is 0 Å². The molecule has 1 aromatic rings. The molecule has 0 aromatic heterocycles. The number of halogens is 1. The predicted molar refractivity (Wildman–Crippen MR) is 151 cm³/mol. The van der Waals surface area contributed by atoms with E-state index >= 15 is 0 Å². The maximum Gasteiger partial charge on any atom is 0.309 e. The summed E-state index contributed by atoms with van der Waals surface area (Å²) < 4.78 is 31.7. The second-order valence-corrected chi connectivity index (χ2v) is 13.0. The molecule has 2 unspecified atom stereocenters. The molecule has 0 spiro atoms. The van der Waals surface area contributed by atoms with Gasteiger partial charge in [-0.25, -0.2) is 4.39 Å². The normalized spacial score (nSPS) is 23.3. The van der Waals surface area contributed by atoms with E-state index in [0.717, 1.165) is 18.9 Å². The average molecular weight is 563 g/mol. The van der Waals surface area contributed by atoms with Crippen molar-refractivity contribution in [1.29, 1.82) is 0 Å². The molecule has 0 aliphatic heterocycles. The number of methoxy groups -OCH3 is 1. The summed E-state index contributed by atoms with van der Waals surface area (Å²) in [5, 5.41) is 6.04. The summed E-state index contributed by atoms with van der Waals surface area (Å²) in [5.74, 6) is -1.79. The van der Waals surface area contributed by atoms with Crippen LogP contribution >= 0.6 is 0 Å². The highest BCUT2D eigenvalue weighted by Crippen LogP contribution is 2.34.